The van der Waals surface area contributed by atoms with E-state index in [1.807, 2.05) is 0 Å². The molecule has 1 spiro atoms. The predicted octanol–water partition coefficient (Wildman–Crippen LogP) is 3.90. The number of halogens is 2. The van der Waals surface area contributed by atoms with Crippen molar-refractivity contribution in [2.45, 2.75) is 96.7 Å². The molecule has 36 heavy (non-hydrogen) atoms. The second-order valence-corrected chi connectivity index (χ2v) is 11.5. The van der Waals surface area contributed by atoms with Gasteiger partial charge in [-0.1, -0.05) is 5.16 Å². The number of urea groups is 1. The van der Waals surface area contributed by atoms with Gasteiger partial charge in [0, 0.05) is 12.6 Å². The van der Waals surface area contributed by atoms with Crippen molar-refractivity contribution in [2.24, 2.45) is 5.41 Å². The van der Waals surface area contributed by atoms with Crippen LogP contribution in [0.3, 0.4) is 0 Å². The first kappa shape index (κ1) is 26.1. The van der Waals surface area contributed by atoms with E-state index in [0.717, 1.165) is 12.8 Å². The van der Waals surface area contributed by atoms with Crippen molar-refractivity contribution >= 4 is 18.1 Å². The molecule has 3 amide bonds. The Morgan fingerprint density at radius 1 is 1.17 bits per heavy atom. The van der Waals surface area contributed by atoms with Gasteiger partial charge in [0.2, 0.25) is 0 Å². The molecule has 0 unspecified atom stereocenters. The fraction of sp³-hybridized carbons (Fsp3) is 0.739. The highest BCUT2D eigenvalue weighted by atomic mass is 19.3. The summed E-state index contributed by atoms with van der Waals surface area (Å²) in [5.74, 6) is -1.52. The number of carbonyl (C=O) groups excluding carboxylic acids is 3. The Balaban J connectivity index is 1.46. The molecule has 2 aliphatic heterocycles. The minimum atomic E-state index is -4.33. The zero-order valence-corrected chi connectivity index (χ0v) is 21.2. The van der Waals surface area contributed by atoms with Crippen LogP contribution in [0.5, 0.6) is 0 Å². The van der Waals surface area contributed by atoms with Crippen LogP contribution in [0.2, 0.25) is 0 Å². The summed E-state index contributed by atoms with van der Waals surface area (Å²) in [4.78, 5) is 43.2. The maximum atomic E-state index is 14.6. The van der Waals surface area contributed by atoms with Gasteiger partial charge >= 0.3 is 24.2 Å². The van der Waals surface area contributed by atoms with E-state index in [-0.39, 0.29) is 13.1 Å². The van der Waals surface area contributed by atoms with E-state index in [0.29, 0.717) is 22.9 Å². The summed E-state index contributed by atoms with van der Waals surface area (Å²) in [7, 11) is 0. The number of fused-ring (bicyclic) bond motifs is 3. The van der Waals surface area contributed by atoms with Gasteiger partial charge in [0.05, 0.1) is 18.6 Å². The van der Waals surface area contributed by atoms with Gasteiger partial charge in [-0.25, -0.2) is 14.4 Å². The molecule has 2 bridgehead atoms. The van der Waals surface area contributed by atoms with Crippen LogP contribution >= 0.6 is 0 Å². The lowest BCUT2D eigenvalue weighted by atomic mass is 9.84. The standard InChI is InChI=1S/C23H32F2N4O7/c1-20(2,3)33-17(30)23(24,25)36-29-16-12-28(19(29)32)15(10-22(16)7-8-22)14-9-13(35-27-14)11-26-18(31)34-21(4,5)6/h9,15-16H,7-8,10-12H2,1-6H3,(H,26,31)/t15-,16-/m0/s1. The van der Waals surface area contributed by atoms with Crippen LogP contribution in [0.1, 0.15) is 78.3 Å². The normalized spacial score (nSPS) is 23.2. The Morgan fingerprint density at radius 3 is 2.39 bits per heavy atom. The number of hydrogen-bond donors (Lipinski definition) is 1. The Labute approximate surface area is 207 Å². The smallest absolute Gasteiger partial charge is 0.453 e. The van der Waals surface area contributed by atoms with Crippen molar-refractivity contribution in [3.05, 3.63) is 17.5 Å². The fourth-order valence-electron chi connectivity index (χ4n) is 4.54. The molecule has 1 saturated carbocycles. The van der Waals surface area contributed by atoms with Gasteiger partial charge in [0.1, 0.15) is 16.9 Å². The Kier molecular flexibility index (Phi) is 6.21. The second-order valence-electron chi connectivity index (χ2n) is 11.5. The number of piperidine rings is 1. The van der Waals surface area contributed by atoms with Crippen LogP contribution in [0.15, 0.2) is 10.6 Å². The molecule has 3 aliphatic rings. The predicted molar refractivity (Wildman–Crippen MR) is 118 cm³/mol. The third kappa shape index (κ3) is 5.40. The maximum Gasteiger partial charge on any atom is 0.477 e. The lowest BCUT2D eigenvalue weighted by Crippen LogP contribution is -2.48. The average Bonchev–Trinajstić information content (AvgIpc) is 3.22. The number of alkyl carbamates (subject to hydrolysis) is 1. The monoisotopic (exact) mass is 514 g/mol. The topological polar surface area (TPSA) is 123 Å². The molecule has 1 N–H and O–H groups in total. The molecule has 1 aromatic rings. The quantitative estimate of drug-likeness (QED) is 0.567. The first-order chi connectivity index (χ1) is 16.5. The molecule has 3 fully saturated rings. The number of alkyl halides is 2. The molecular formula is C23H32F2N4O7. The van der Waals surface area contributed by atoms with E-state index in [1.165, 1.54) is 25.7 Å². The minimum Gasteiger partial charge on any atom is -0.453 e. The molecule has 1 aromatic heterocycles. The van der Waals surface area contributed by atoms with Crippen molar-refractivity contribution in [1.82, 2.24) is 20.4 Å². The van der Waals surface area contributed by atoms with Crippen molar-refractivity contribution in [3.8, 4) is 0 Å². The summed E-state index contributed by atoms with van der Waals surface area (Å²) in [6, 6.07) is -0.327. The summed E-state index contributed by atoms with van der Waals surface area (Å²) < 4.78 is 44.5. The summed E-state index contributed by atoms with van der Waals surface area (Å²) in [6.45, 7) is 9.77. The maximum absolute atomic E-state index is 14.6. The molecule has 2 saturated heterocycles. The fourth-order valence-corrected chi connectivity index (χ4v) is 4.54. The van der Waals surface area contributed by atoms with E-state index in [4.69, 9.17) is 18.8 Å². The number of amides is 3. The van der Waals surface area contributed by atoms with Crippen molar-refractivity contribution in [3.63, 3.8) is 0 Å². The zero-order chi connectivity index (χ0) is 26.7. The summed E-state index contributed by atoms with van der Waals surface area (Å²) in [5, 5.41) is 7.26. The summed E-state index contributed by atoms with van der Waals surface area (Å²) >= 11 is 0. The molecule has 200 valence electrons. The van der Waals surface area contributed by atoms with Gasteiger partial charge < -0.3 is 24.2 Å². The number of rotatable bonds is 6. The van der Waals surface area contributed by atoms with Crippen molar-refractivity contribution < 1.29 is 42.0 Å². The number of hydroxylamine groups is 2. The van der Waals surface area contributed by atoms with Crippen LogP contribution in [0.25, 0.3) is 0 Å². The number of ether oxygens (including phenoxy) is 2. The highest BCUT2D eigenvalue weighted by Gasteiger charge is 2.65. The van der Waals surface area contributed by atoms with Gasteiger partial charge in [-0.05, 0) is 66.2 Å². The van der Waals surface area contributed by atoms with Crippen LogP contribution in [-0.4, -0.2) is 63.1 Å². The summed E-state index contributed by atoms with van der Waals surface area (Å²) in [6.07, 6.45) is -3.03. The van der Waals surface area contributed by atoms with E-state index >= 15 is 0 Å². The average molecular weight is 515 g/mol. The zero-order valence-electron chi connectivity index (χ0n) is 21.2. The third-order valence-electron chi connectivity index (χ3n) is 6.24. The first-order valence-electron chi connectivity index (χ1n) is 11.8. The van der Waals surface area contributed by atoms with E-state index < -0.39 is 52.9 Å². The lowest BCUT2D eigenvalue weighted by Gasteiger charge is -2.36. The molecule has 2 atom stereocenters. The lowest BCUT2D eigenvalue weighted by molar-refractivity contribution is -0.335. The number of nitrogens with one attached hydrogen (secondary N) is 1. The minimum absolute atomic E-state index is 0.0215. The van der Waals surface area contributed by atoms with Gasteiger partial charge in [-0.3, -0.25) is 0 Å². The Morgan fingerprint density at radius 2 is 1.81 bits per heavy atom. The van der Waals surface area contributed by atoms with E-state index in [2.05, 4.69) is 10.5 Å². The molecule has 13 heteroatoms. The molecular weight excluding hydrogens is 482 g/mol. The number of esters is 1. The van der Waals surface area contributed by atoms with Gasteiger partial charge in [-0.15, -0.1) is 0 Å². The second kappa shape index (κ2) is 8.56. The molecule has 0 aromatic carbocycles. The largest absolute Gasteiger partial charge is 0.477 e. The van der Waals surface area contributed by atoms with Crippen LogP contribution in [0.4, 0.5) is 18.4 Å². The van der Waals surface area contributed by atoms with Crippen LogP contribution < -0.4 is 5.32 Å². The van der Waals surface area contributed by atoms with E-state index in [1.54, 1.807) is 26.8 Å². The molecule has 11 nitrogen and oxygen atoms in total. The van der Waals surface area contributed by atoms with Crippen LogP contribution in [0, 0.1) is 5.41 Å². The number of carbonyl (C=O) groups is 3. The molecule has 1 aliphatic carbocycles. The molecule has 0 radical (unpaired) electrons. The Hall–Kier alpha value is -2.96. The number of aromatic nitrogens is 1. The third-order valence-corrected chi connectivity index (χ3v) is 6.24. The SMILES string of the molecule is CC(C)(C)OC(=O)NCc1cc([C@@H]2CC3(CC3)[C@@H]3CN2C(=O)N3OC(F)(F)C(=O)OC(C)(C)C)no1. The summed E-state index contributed by atoms with van der Waals surface area (Å²) in [5.41, 5.74) is -1.79. The molecule has 4 rings (SSSR count). The first-order valence-corrected chi connectivity index (χ1v) is 11.8. The highest BCUT2D eigenvalue weighted by molar-refractivity contribution is 5.79. The van der Waals surface area contributed by atoms with E-state index in [9.17, 15) is 23.2 Å². The van der Waals surface area contributed by atoms with Gasteiger partial charge in [0.25, 0.3) is 0 Å². The molecule has 3 heterocycles. The van der Waals surface area contributed by atoms with Crippen molar-refractivity contribution in [1.29, 1.82) is 0 Å². The van der Waals surface area contributed by atoms with Crippen LogP contribution in [-0.2, 0) is 25.7 Å². The van der Waals surface area contributed by atoms with Crippen molar-refractivity contribution in [2.75, 3.05) is 6.54 Å². The number of nitrogens with zero attached hydrogens (tertiary/aromatic N) is 3. The number of hydrogen-bond acceptors (Lipinski definition) is 8. The highest BCUT2D eigenvalue weighted by Crippen LogP contribution is 2.62. The van der Waals surface area contributed by atoms with Gasteiger partial charge in [-0.2, -0.15) is 18.7 Å². The van der Waals surface area contributed by atoms with Gasteiger partial charge in [0.15, 0.2) is 5.76 Å². The Bertz CT molecular complexity index is 1040.